The molecule has 3 heteroatoms. The third-order valence-corrected chi connectivity index (χ3v) is 9.92. The lowest BCUT2D eigenvalue weighted by Gasteiger charge is -2.12. The van der Waals surface area contributed by atoms with Gasteiger partial charge in [0.15, 0.2) is 0 Å². The molecule has 222 valence electrons. The Morgan fingerprint density at radius 2 is 1.04 bits per heavy atom. The van der Waals surface area contributed by atoms with E-state index in [1.165, 1.54) is 49.2 Å². The van der Waals surface area contributed by atoms with Crippen molar-refractivity contribution in [2.45, 2.75) is 0 Å². The molecule has 10 aromatic rings. The Bertz CT molecular complexity index is 2950. The molecule has 0 radical (unpaired) electrons. The van der Waals surface area contributed by atoms with E-state index in [2.05, 4.69) is 161 Å². The van der Waals surface area contributed by atoms with Gasteiger partial charge in [-0.25, -0.2) is 0 Å². The van der Waals surface area contributed by atoms with Crippen LogP contribution in [0.3, 0.4) is 0 Å². The minimum Gasteiger partial charge on any atom is -0.309 e. The Labute approximate surface area is 276 Å². The Morgan fingerprint density at radius 1 is 0.396 bits per heavy atom. The second kappa shape index (κ2) is 10.2. The van der Waals surface area contributed by atoms with Crippen LogP contribution in [-0.2, 0) is 0 Å². The molecule has 3 nitrogen and oxygen atoms in total. The maximum atomic E-state index is 9.87. The van der Waals surface area contributed by atoms with E-state index >= 15 is 0 Å². The molecule has 0 spiro atoms. The number of benzene rings is 8. The van der Waals surface area contributed by atoms with Crippen LogP contribution in [0.5, 0.6) is 0 Å². The van der Waals surface area contributed by atoms with Gasteiger partial charge in [-0.3, -0.25) is 0 Å². The first kappa shape index (κ1) is 26.6. The summed E-state index contributed by atoms with van der Waals surface area (Å²) in [5, 5.41) is 19.1. The first-order chi connectivity index (χ1) is 23.8. The standard InChI is InChI=1S/C45H27N3/c46-28-31-25-29-21-23-33(27-39(29)36-14-5-4-13-34(31)36)48-42-19-9-7-16-38(42)45-35(17-10-20-44(45)48)30-22-24-43-40(26-30)37-15-6-8-18-41(37)47(43)32-11-2-1-3-12-32/h1-27H. The van der Waals surface area contributed by atoms with Crippen molar-refractivity contribution in [2.75, 3.05) is 0 Å². The third kappa shape index (κ3) is 3.75. The summed E-state index contributed by atoms with van der Waals surface area (Å²) >= 11 is 0. The van der Waals surface area contributed by atoms with Gasteiger partial charge >= 0.3 is 0 Å². The normalized spacial score (nSPS) is 11.7. The van der Waals surface area contributed by atoms with Crippen LogP contribution in [0.25, 0.3) is 87.7 Å². The summed E-state index contributed by atoms with van der Waals surface area (Å²) in [6, 6.07) is 60.9. The Balaban J connectivity index is 1.23. The van der Waals surface area contributed by atoms with E-state index in [9.17, 15) is 5.26 Å². The van der Waals surface area contributed by atoms with Crippen LogP contribution >= 0.6 is 0 Å². The van der Waals surface area contributed by atoms with Crippen LogP contribution in [0.2, 0.25) is 0 Å². The molecule has 0 aliphatic carbocycles. The largest absolute Gasteiger partial charge is 0.309 e. The van der Waals surface area contributed by atoms with Crippen LogP contribution < -0.4 is 0 Å². The van der Waals surface area contributed by atoms with Gasteiger partial charge in [-0.2, -0.15) is 5.26 Å². The van der Waals surface area contributed by atoms with Crippen LogP contribution in [0, 0.1) is 11.3 Å². The molecular formula is C45H27N3. The van der Waals surface area contributed by atoms with E-state index in [0.717, 1.165) is 38.4 Å². The highest BCUT2D eigenvalue weighted by Crippen LogP contribution is 2.41. The SMILES string of the molecule is N#Cc1cc2ccc(-n3c4ccccc4c4c(-c5ccc6c(c5)c5ccccc5n6-c5ccccc5)cccc43)cc2c2ccccc12. The zero-order valence-corrected chi connectivity index (χ0v) is 25.9. The highest BCUT2D eigenvalue weighted by atomic mass is 15.0. The zero-order chi connectivity index (χ0) is 31.8. The summed E-state index contributed by atoms with van der Waals surface area (Å²) < 4.78 is 4.75. The van der Waals surface area contributed by atoms with E-state index in [-0.39, 0.29) is 0 Å². The van der Waals surface area contributed by atoms with Crippen molar-refractivity contribution in [1.82, 2.24) is 9.13 Å². The van der Waals surface area contributed by atoms with Crippen molar-refractivity contribution in [1.29, 1.82) is 5.26 Å². The predicted octanol–water partition coefficient (Wildman–Crippen LogP) is 11.7. The van der Waals surface area contributed by atoms with Crippen LogP contribution in [-0.4, -0.2) is 9.13 Å². The van der Waals surface area contributed by atoms with E-state index < -0.39 is 0 Å². The highest BCUT2D eigenvalue weighted by molar-refractivity contribution is 6.18. The van der Waals surface area contributed by atoms with Gasteiger partial charge in [0.2, 0.25) is 0 Å². The minimum atomic E-state index is 0.705. The number of nitrogens with zero attached hydrogens (tertiary/aromatic N) is 3. The lowest BCUT2D eigenvalue weighted by Crippen LogP contribution is -1.94. The number of hydrogen-bond donors (Lipinski definition) is 0. The van der Waals surface area contributed by atoms with Crippen LogP contribution in [0.15, 0.2) is 164 Å². The molecule has 0 saturated carbocycles. The fourth-order valence-corrected chi connectivity index (χ4v) is 7.85. The Hall–Kier alpha value is -6.63. The van der Waals surface area contributed by atoms with Gasteiger partial charge in [-0.05, 0) is 87.9 Å². The number of fused-ring (bicyclic) bond motifs is 9. The molecule has 0 aliphatic heterocycles. The van der Waals surface area contributed by atoms with Gasteiger partial charge in [0.05, 0.1) is 33.7 Å². The number of aromatic nitrogens is 2. The van der Waals surface area contributed by atoms with Gasteiger partial charge in [0.25, 0.3) is 0 Å². The average molecular weight is 610 g/mol. The monoisotopic (exact) mass is 609 g/mol. The molecule has 0 bridgehead atoms. The molecule has 0 fully saturated rings. The summed E-state index contributed by atoms with van der Waals surface area (Å²) in [6.45, 7) is 0. The second-order valence-electron chi connectivity index (χ2n) is 12.5. The first-order valence-electron chi connectivity index (χ1n) is 16.3. The molecule has 0 N–H and O–H groups in total. The number of nitriles is 1. The molecular weight excluding hydrogens is 583 g/mol. The van der Waals surface area contributed by atoms with Gasteiger partial charge in [-0.1, -0.05) is 103 Å². The summed E-state index contributed by atoms with van der Waals surface area (Å²) in [6.07, 6.45) is 0. The van der Waals surface area contributed by atoms with Crippen LogP contribution in [0.4, 0.5) is 0 Å². The smallest absolute Gasteiger partial charge is 0.0998 e. The Kier molecular flexibility index (Phi) is 5.64. The summed E-state index contributed by atoms with van der Waals surface area (Å²) in [4.78, 5) is 0. The van der Waals surface area contributed by atoms with Crippen molar-refractivity contribution in [3.8, 4) is 28.6 Å². The van der Waals surface area contributed by atoms with Gasteiger partial charge in [-0.15, -0.1) is 0 Å². The van der Waals surface area contributed by atoms with Crippen molar-refractivity contribution < 1.29 is 0 Å². The van der Waals surface area contributed by atoms with Crippen molar-refractivity contribution in [2.24, 2.45) is 0 Å². The first-order valence-corrected chi connectivity index (χ1v) is 16.3. The summed E-state index contributed by atoms with van der Waals surface area (Å²) in [7, 11) is 0. The quantitative estimate of drug-likeness (QED) is 0.183. The number of para-hydroxylation sites is 3. The fraction of sp³-hybridized carbons (Fsp3) is 0. The Morgan fingerprint density at radius 3 is 1.85 bits per heavy atom. The molecule has 2 aromatic heterocycles. The van der Waals surface area contributed by atoms with Crippen molar-refractivity contribution >= 4 is 65.2 Å². The molecule has 0 aliphatic rings. The second-order valence-corrected chi connectivity index (χ2v) is 12.5. The van der Waals surface area contributed by atoms with E-state index in [1.807, 2.05) is 18.2 Å². The van der Waals surface area contributed by atoms with E-state index in [4.69, 9.17) is 0 Å². The molecule has 0 amide bonds. The molecule has 10 rings (SSSR count). The maximum Gasteiger partial charge on any atom is 0.0998 e. The lowest BCUT2D eigenvalue weighted by atomic mass is 9.97. The van der Waals surface area contributed by atoms with Gasteiger partial charge in [0.1, 0.15) is 0 Å². The summed E-state index contributed by atoms with van der Waals surface area (Å²) in [5.74, 6) is 0. The number of rotatable bonds is 3. The van der Waals surface area contributed by atoms with Gasteiger partial charge < -0.3 is 9.13 Å². The van der Waals surface area contributed by atoms with Crippen LogP contribution in [0.1, 0.15) is 5.56 Å². The van der Waals surface area contributed by atoms with Crippen molar-refractivity contribution in [3.63, 3.8) is 0 Å². The van der Waals surface area contributed by atoms with Crippen molar-refractivity contribution in [3.05, 3.63) is 169 Å². The molecule has 0 saturated heterocycles. The minimum absolute atomic E-state index is 0.705. The molecule has 8 aromatic carbocycles. The molecule has 2 heterocycles. The van der Waals surface area contributed by atoms with E-state index in [0.29, 0.717) is 5.56 Å². The zero-order valence-electron chi connectivity index (χ0n) is 25.9. The lowest BCUT2D eigenvalue weighted by molar-refractivity contribution is 1.18. The predicted molar refractivity (Wildman–Crippen MR) is 200 cm³/mol. The fourth-order valence-electron chi connectivity index (χ4n) is 7.85. The average Bonchev–Trinajstić information content (AvgIpc) is 3.67. The van der Waals surface area contributed by atoms with E-state index in [1.54, 1.807) is 0 Å². The third-order valence-electron chi connectivity index (χ3n) is 9.92. The molecule has 0 atom stereocenters. The molecule has 0 unspecified atom stereocenters. The number of hydrogen-bond acceptors (Lipinski definition) is 1. The topological polar surface area (TPSA) is 33.6 Å². The highest BCUT2D eigenvalue weighted by Gasteiger charge is 2.19. The maximum absolute atomic E-state index is 9.87. The summed E-state index contributed by atoms with van der Waals surface area (Å²) in [5.41, 5.74) is 10.1. The van der Waals surface area contributed by atoms with Gasteiger partial charge in [0, 0.05) is 38.3 Å². The molecule has 48 heavy (non-hydrogen) atoms.